The van der Waals surface area contributed by atoms with Gasteiger partial charge in [0.15, 0.2) is 0 Å². The number of aromatic carboxylic acids is 1. The second-order valence-electron chi connectivity index (χ2n) is 5.59. The Kier molecular flexibility index (Phi) is 4.04. The van der Waals surface area contributed by atoms with Gasteiger partial charge in [0.05, 0.1) is 16.1 Å². The van der Waals surface area contributed by atoms with Crippen LogP contribution in [-0.2, 0) is 22.9 Å². The van der Waals surface area contributed by atoms with E-state index in [0.29, 0.717) is 6.42 Å². The van der Waals surface area contributed by atoms with E-state index in [1.165, 1.54) is 12.1 Å². The summed E-state index contributed by atoms with van der Waals surface area (Å²) in [5, 5.41) is 8.89. The number of rotatable bonds is 3. The van der Waals surface area contributed by atoms with Gasteiger partial charge in [-0.15, -0.1) is 0 Å². The van der Waals surface area contributed by atoms with Crippen LogP contribution in [0.5, 0.6) is 0 Å². The number of carbonyl (C=O) groups is 1. The molecule has 5 nitrogen and oxygen atoms in total. The van der Waals surface area contributed by atoms with E-state index in [2.05, 4.69) is 0 Å². The molecular weight excluding hydrogens is 333 g/mol. The zero-order valence-corrected chi connectivity index (χ0v) is 13.8. The Labute approximate surface area is 139 Å². The van der Waals surface area contributed by atoms with Gasteiger partial charge >= 0.3 is 5.97 Å². The molecule has 0 unspecified atom stereocenters. The molecule has 1 aliphatic rings. The largest absolute Gasteiger partial charge is 0.478 e. The lowest BCUT2D eigenvalue weighted by Crippen LogP contribution is -2.38. The molecule has 0 saturated heterocycles. The maximum Gasteiger partial charge on any atom is 0.335 e. The molecular formula is C17H16FNO4S. The van der Waals surface area contributed by atoms with Crippen molar-refractivity contribution < 1.29 is 22.7 Å². The highest BCUT2D eigenvalue weighted by Crippen LogP contribution is 2.33. The predicted octanol–water partition coefficient (Wildman–Crippen LogP) is 2.84. The number of fused-ring (bicyclic) bond motifs is 1. The lowest BCUT2D eigenvalue weighted by molar-refractivity contribution is 0.0696. The number of aryl methyl sites for hydroxylation is 1. The van der Waals surface area contributed by atoms with Crippen molar-refractivity contribution in [1.82, 2.24) is 0 Å². The number of carboxylic acids is 1. The van der Waals surface area contributed by atoms with E-state index in [9.17, 15) is 17.6 Å². The minimum absolute atomic E-state index is 0.117. The lowest BCUT2D eigenvalue weighted by Gasteiger charge is -2.30. The molecule has 3 rings (SSSR count). The van der Waals surface area contributed by atoms with Crippen LogP contribution in [0.1, 0.15) is 28.4 Å². The van der Waals surface area contributed by atoms with Crippen molar-refractivity contribution in [2.45, 2.75) is 24.7 Å². The molecule has 0 aliphatic carbocycles. The van der Waals surface area contributed by atoms with Gasteiger partial charge in [-0.3, -0.25) is 4.31 Å². The fourth-order valence-electron chi connectivity index (χ4n) is 2.85. The highest BCUT2D eigenvalue weighted by Gasteiger charge is 2.33. The number of nitrogens with zero attached hydrogens (tertiary/aromatic N) is 1. The summed E-state index contributed by atoms with van der Waals surface area (Å²) < 4.78 is 40.9. The summed E-state index contributed by atoms with van der Waals surface area (Å²) in [6.07, 6.45) is 1.28. The van der Waals surface area contributed by atoms with Crippen LogP contribution in [0.4, 0.5) is 10.1 Å². The molecule has 1 heterocycles. The molecule has 0 saturated carbocycles. The molecule has 0 spiro atoms. The predicted molar refractivity (Wildman–Crippen MR) is 87.4 cm³/mol. The Morgan fingerprint density at radius 1 is 1.25 bits per heavy atom. The molecule has 0 radical (unpaired) electrons. The van der Waals surface area contributed by atoms with Gasteiger partial charge in [-0.2, -0.15) is 0 Å². The number of sulfonamides is 1. The van der Waals surface area contributed by atoms with Gasteiger partial charge in [0.25, 0.3) is 10.0 Å². The van der Waals surface area contributed by atoms with Crippen LogP contribution < -0.4 is 4.31 Å². The first kappa shape index (κ1) is 16.4. The van der Waals surface area contributed by atoms with E-state index in [-0.39, 0.29) is 22.7 Å². The maximum absolute atomic E-state index is 14.3. The van der Waals surface area contributed by atoms with Crippen molar-refractivity contribution in [3.05, 3.63) is 58.9 Å². The zero-order chi connectivity index (χ0) is 17.5. The summed E-state index contributed by atoms with van der Waals surface area (Å²) in [6.45, 7) is 2.11. The Morgan fingerprint density at radius 3 is 2.62 bits per heavy atom. The van der Waals surface area contributed by atoms with Gasteiger partial charge in [-0.1, -0.05) is 19.1 Å². The minimum Gasteiger partial charge on any atom is -0.478 e. The Morgan fingerprint density at radius 2 is 2.00 bits per heavy atom. The molecule has 1 aliphatic heterocycles. The summed E-state index contributed by atoms with van der Waals surface area (Å²) in [6, 6.07) is 8.41. The monoisotopic (exact) mass is 349 g/mol. The SMILES string of the molecule is CCc1ccc2c(c1)CCN(c1ccc(C(=O)O)cc1F)S2(=O)=O. The van der Waals surface area contributed by atoms with Crippen molar-refractivity contribution >= 4 is 21.7 Å². The van der Waals surface area contributed by atoms with Crippen LogP contribution in [0, 0.1) is 5.82 Å². The van der Waals surface area contributed by atoms with E-state index in [1.54, 1.807) is 12.1 Å². The Bertz CT molecular complexity index is 924. The molecule has 1 N–H and O–H groups in total. The number of anilines is 1. The van der Waals surface area contributed by atoms with Gasteiger partial charge in [0, 0.05) is 6.54 Å². The number of benzene rings is 2. The summed E-state index contributed by atoms with van der Waals surface area (Å²) >= 11 is 0. The second-order valence-corrected chi connectivity index (χ2v) is 7.42. The molecule has 0 aromatic heterocycles. The molecule has 2 aromatic carbocycles. The van der Waals surface area contributed by atoms with Crippen molar-refractivity contribution in [2.24, 2.45) is 0 Å². The summed E-state index contributed by atoms with van der Waals surface area (Å²) in [7, 11) is -3.87. The molecule has 7 heteroatoms. The van der Waals surface area contributed by atoms with Crippen molar-refractivity contribution in [1.29, 1.82) is 0 Å². The van der Waals surface area contributed by atoms with Crippen LogP contribution in [-0.4, -0.2) is 26.0 Å². The summed E-state index contributed by atoms with van der Waals surface area (Å²) in [5.74, 6) is -2.13. The van der Waals surface area contributed by atoms with E-state index < -0.39 is 21.8 Å². The van der Waals surface area contributed by atoms with Crippen LogP contribution in [0.3, 0.4) is 0 Å². The van der Waals surface area contributed by atoms with Gasteiger partial charge < -0.3 is 5.11 Å². The molecule has 0 amide bonds. The third kappa shape index (κ3) is 2.65. The molecule has 126 valence electrons. The second kappa shape index (κ2) is 5.90. The smallest absolute Gasteiger partial charge is 0.335 e. The van der Waals surface area contributed by atoms with Crippen LogP contribution in [0.15, 0.2) is 41.3 Å². The van der Waals surface area contributed by atoms with Gasteiger partial charge in [-0.25, -0.2) is 17.6 Å². The lowest BCUT2D eigenvalue weighted by atomic mass is 10.1. The van der Waals surface area contributed by atoms with Gasteiger partial charge in [0.1, 0.15) is 5.82 Å². The van der Waals surface area contributed by atoms with E-state index in [4.69, 9.17) is 5.11 Å². The third-order valence-corrected chi connectivity index (χ3v) is 6.06. The molecule has 0 fully saturated rings. The van der Waals surface area contributed by atoms with E-state index in [1.807, 2.05) is 13.0 Å². The standard InChI is InChI=1S/C17H16FNO4S/c1-2-11-3-6-16-12(9-11)7-8-19(24(16,22)23)15-5-4-13(17(20)21)10-14(15)18/h3-6,9-10H,2,7-8H2,1H3,(H,20,21). The third-order valence-electron chi connectivity index (χ3n) is 4.15. The quantitative estimate of drug-likeness (QED) is 0.925. The van der Waals surface area contributed by atoms with Crippen LogP contribution >= 0.6 is 0 Å². The number of halogens is 1. The van der Waals surface area contributed by atoms with E-state index in [0.717, 1.165) is 27.9 Å². The Balaban J connectivity index is 2.06. The molecule has 0 atom stereocenters. The van der Waals surface area contributed by atoms with Crippen molar-refractivity contribution in [3.8, 4) is 0 Å². The zero-order valence-electron chi connectivity index (χ0n) is 13.0. The highest BCUT2D eigenvalue weighted by molar-refractivity contribution is 7.93. The molecule has 0 bridgehead atoms. The summed E-state index contributed by atoms with van der Waals surface area (Å²) in [4.78, 5) is 11.1. The maximum atomic E-state index is 14.3. The van der Waals surface area contributed by atoms with Crippen molar-refractivity contribution in [3.63, 3.8) is 0 Å². The minimum atomic E-state index is -3.87. The Hall–Kier alpha value is -2.41. The molecule has 2 aromatic rings. The van der Waals surface area contributed by atoms with Crippen LogP contribution in [0.25, 0.3) is 0 Å². The fraction of sp³-hybridized carbons (Fsp3) is 0.235. The van der Waals surface area contributed by atoms with Gasteiger partial charge in [0.2, 0.25) is 0 Å². The number of hydrogen-bond donors (Lipinski definition) is 1. The first-order valence-electron chi connectivity index (χ1n) is 7.52. The first-order chi connectivity index (χ1) is 11.3. The fourth-order valence-corrected chi connectivity index (χ4v) is 4.56. The first-order valence-corrected chi connectivity index (χ1v) is 8.96. The van der Waals surface area contributed by atoms with Gasteiger partial charge in [-0.05, 0) is 48.2 Å². The topological polar surface area (TPSA) is 74.7 Å². The normalized spacial score (nSPS) is 15.8. The van der Waals surface area contributed by atoms with E-state index >= 15 is 0 Å². The average molecular weight is 349 g/mol. The van der Waals surface area contributed by atoms with Crippen molar-refractivity contribution in [2.75, 3.05) is 10.8 Å². The summed E-state index contributed by atoms with van der Waals surface area (Å²) in [5.41, 5.74) is 1.42. The highest BCUT2D eigenvalue weighted by atomic mass is 32.2. The molecule has 24 heavy (non-hydrogen) atoms. The number of carboxylic acid groups (broad SMARTS) is 1. The number of hydrogen-bond acceptors (Lipinski definition) is 3. The average Bonchev–Trinajstić information content (AvgIpc) is 2.55. The van der Waals surface area contributed by atoms with Crippen LogP contribution in [0.2, 0.25) is 0 Å².